The predicted molar refractivity (Wildman–Crippen MR) is 126 cm³/mol. The molecule has 1 aliphatic rings. The number of carbonyl (C=O) groups excluding carboxylic acids is 1. The van der Waals surface area contributed by atoms with Crippen molar-refractivity contribution in [2.75, 3.05) is 18.6 Å². The number of amides is 1. The molecule has 0 aliphatic carbocycles. The van der Waals surface area contributed by atoms with Gasteiger partial charge in [0.25, 0.3) is 0 Å². The van der Waals surface area contributed by atoms with Crippen LogP contribution in [0, 0.1) is 0 Å². The van der Waals surface area contributed by atoms with E-state index in [1.54, 1.807) is 30.3 Å². The van der Waals surface area contributed by atoms with Crippen molar-refractivity contribution in [1.29, 1.82) is 0 Å². The maximum atomic E-state index is 14.1. The van der Waals surface area contributed by atoms with Crippen LogP contribution in [0.3, 0.4) is 0 Å². The molecule has 0 spiro atoms. The van der Waals surface area contributed by atoms with Crippen molar-refractivity contribution in [2.24, 2.45) is 0 Å². The summed E-state index contributed by atoms with van der Waals surface area (Å²) in [6, 6.07) is 14.9. The highest BCUT2D eigenvalue weighted by molar-refractivity contribution is 7.91. The van der Waals surface area contributed by atoms with Crippen LogP contribution in [0.5, 0.6) is 5.88 Å². The number of rotatable bonds is 5. The number of aromatic nitrogens is 1. The van der Waals surface area contributed by atoms with E-state index in [0.717, 1.165) is 15.5 Å². The number of carbonyl (C=O) groups is 1. The predicted octanol–water partition coefficient (Wildman–Crippen LogP) is 5.49. The van der Waals surface area contributed by atoms with E-state index in [9.17, 15) is 26.4 Å². The Morgan fingerprint density at radius 3 is 2.37 bits per heavy atom. The zero-order chi connectivity index (χ0) is 25.4. The molecule has 6 nitrogen and oxygen atoms in total. The molecule has 11 heteroatoms. The fraction of sp³-hybridized carbons (Fsp3) is 0.292. The van der Waals surface area contributed by atoms with Crippen LogP contribution in [0.15, 0.2) is 60.7 Å². The Hall–Kier alpha value is -2.98. The van der Waals surface area contributed by atoms with Gasteiger partial charge in [-0.1, -0.05) is 54.1 Å². The first kappa shape index (κ1) is 25.1. The van der Waals surface area contributed by atoms with Crippen molar-refractivity contribution in [3.05, 3.63) is 76.9 Å². The second kappa shape index (κ2) is 9.58. The van der Waals surface area contributed by atoms with Crippen molar-refractivity contribution >= 4 is 27.5 Å². The van der Waals surface area contributed by atoms with Crippen LogP contribution in [0.4, 0.5) is 18.0 Å². The molecule has 0 radical (unpaired) electrons. The number of benzene rings is 2. The van der Waals surface area contributed by atoms with Crippen molar-refractivity contribution < 1.29 is 31.1 Å². The van der Waals surface area contributed by atoms with Gasteiger partial charge in [0.05, 0.1) is 18.1 Å². The third-order valence-electron chi connectivity index (χ3n) is 5.90. The van der Waals surface area contributed by atoms with E-state index >= 15 is 0 Å². The van der Waals surface area contributed by atoms with E-state index in [2.05, 4.69) is 0 Å². The third kappa shape index (κ3) is 5.65. The Kier molecular flexibility index (Phi) is 6.88. The molecular weight excluding hydrogens is 505 g/mol. The molecule has 4 rings (SSSR count). The molecule has 35 heavy (non-hydrogen) atoms. The molecule has 0 N–H and O–H groups in total. The minimum absolute atomic E-state index is 0.0608. The Morgan fingerprint density at radius 1 is 1.14 bits per heavy atom. The van der Waals surface area contributed by atoms with Gasteiger partial charge >= 0.3 is 12.3 Å². The molecule has 186 valence electrons. The molecule has 1 unspecified atom stereocenters. The van der Waals surface area contributed by atoms with Crippen LogP contribution < -0.4 is 4.74 Å². The number of halogens is 4. The van der Waals surface area contributed by atoms with Gasteiger partial charge in [0.1, 0.15) is 5.69 Å². The Morgan fingerprint density at radius 2 is 1.80 bits per heavy atom. The standard InChI is InChI=1S/C24H22ClF3N2O4S/c1-29(19-11-12-35(32,33)15-19)23(31)34-22-20(17-7-9-18(25)10-8-17)13-21(24(26,27)28)30(22)14-16-5-3-2-4-6-16/h2-10,13,19H,11-12,14-15H2,1H3. The van der Waals surface area contributed by atoms with Gasteiger partial charge in [-0.05, 0) is 35.7 Å². The average Bonchev–Trinajstić information content (AvgIpc) is 3.34. The molecular formula is C24H22ClF3N2O4S. The summed E-state index contributed by atoms with van der Waals surface area (Å²) in [5, 5.41) is 0.397. The lowest BCUT2D eigenvalue weighted by atomic mass is 10.1. The molecule has 2 aromatic carbocycles. The van der Waals surface area contributed by atoms with Gasteiger partial charge in [-0.15, -0.1) is 0 Å². The van der Waals surface area contributed by atoms with Crippen molar-refractivity contribution in [2.45, 2.75) is 25.2 Å². The first-order valence-electron chi connectivity index (χ1n) is 10.7. The lowest BCUT2D eigenvalue weighted by molar-refractivity contribution is -0.143. The summed E-state index contributed by atoms with van der Waals surface area (Å²) in [6.45, 7) is -0.201. The molecule has 1 fully saturated rings. The van der Waals surface area contributed by atoms with Gasteiger partial charge in [0.2, 0.25) is 5.88 Å². The Bertz CT molecular complexity index is 1320. The lowest BCUT2D eigenvalue weighted by Crippen LogP contribution is -2.40. The van der Waals surface area contributed by atoms with Crippen LogP contribution >= 0.6 is 11.6 Å². The van der Waals surface area contributed by atoms with Crippen LogP contribution in [0.2, 0.25) is 5.02 Å². The number of alkyl halides is 3. The minimum atomic E-state index is -4.73. The molecule has 1 saturated heterocycles. The average molecular weight is 527 g/mol. The number of ether oxygens (including phenoxy) is 1. The van der Waals surface area contributed by atoms with Crippen LogP contribution in [-0.4, -0.2) is 48.6 Å². The highest BCUT2D eigenvalue weighted by atomic mass is 35.5. The van der Waals surface area contributed by atoms with E-state index in [0.29, 0.717) is 16.1 Å². The quantitative estimate of drug-likeness (QED) is 0.440. The molecule has 2 heterocycles. The van der Waals surface area contributed by atoms with Gasteiger partial charge in [0.15, 0.2) is 9.84 Å². The summed E-state index contributed by atoms with van der Waals surface area (Å²) in [5.74, 6) is -0.573. The largest absolute Gasteiger partial charge is 0.431 e. The highest BCUT2D eigenvalue weighted by Crippen LogP contribution is 2.41. The maximum Gasteiger partial charge on any atom is 0.431 e. The molecule has 1 aliphatic heterocycles. The van der Waals surface area contributed by atoms with Gasteiger partial charge < -0.3 is 14.2 Å². The summed E-state index contributed by atoms with van der Waals surface area (Å²) in [5.41, 5.74) is 0.0234. The van der Waals surface area contributed by atoms with E-state index in [-0.39, 0.29) is 35.9 Å². The second-order valence-corrected chi connectivity index (χ2v) is 11.0. The SMILES string of the molecule is CN(C(=O)Oc1c(-c2ccc(Cl)cc2)cc(C(F)(F)F)n1Cc1ccccc1)C1CCS(=O)(=O)C1. The van der Waals surface area contributed by atoms with Gasteiger partial charge in [-0.2, -0.15) is 13.2 Å². The molecule has 0 saturated carbocycles. The molecule has 1 amide bonds. The maximum absolute atomic E-state index is 14.1. The van der Waals surface area contributed by atoms with Crippen molar-refractivity contribution in [1.82, 2.24) is 9.47 Å². The van der Waals surface area contributed by atoms with E-state index in [4.69, 9.17) is 16.3 Å². The number of hydrogen-bond donors (Lipinski definition) is 0. The number of hydrogen-bond acceptors (Lipinski definition) is 4. The summed E-state index contributed by atoms with van der Waals surface area (Å²) in [4.78, 5) is 14.1. The van der Waals surface area contributed by atoms with E-state index in [1.807, 2.05) is 0 Å². The normalized spacial score (nSPS) is 17.3. The van der Waals surface area contributed by atoms with Crippen molar-refractivity contribution in [3.63, 3.8) is 0 Å². The highest BCUT2D eigenvalue weighted by Gasteiger charge is 2.39. The fourth-order valence-electron chi connectivity index (χ4n) is 4.02. The second-order valence-electron chi connectivity index (χ2n) is 8.36. The van der Waals surface area contributed by atoms with Crippen LogP contribution in [0.1, 0.15) is 17.7 Å². The van der Waals surface area contributed by atoms with Crippen molar-refractivity contribution in [3.8, 4) is 17.0 Å². The first-order chi connectivity index (χ1) is 16.4. The Labute approximate surface area is 205 Å². The zero-order valence-electron chi connectivity index (χ0n) is 18.6. The molecule has 3 aromatic rings. The summed E-state index contributed by atoms with van der Waals surface area (Å²) >= 11 is 5.95. The number of sulfone groups is 1. The molecule has 0 bridgehead atoms. The Balaban J connectivity index is 1.79. The van der Waals surface area contributed by atoms with Gasteiger partial charge in [0, 0.05) is 23.7 Å². The smallest absolute Gasteiger partial charge is 0.392 e. The monoisotopic (exact) mass is 526 g/mol. The topological polar surface area (TPSA) is 68.6 Å². The molecule has 1 atom stereocenters. The van der Waals surface area contributed by atoms with Gasteiger partial charge in [-0.25, -0.2) is 13.2 Å². The van der Waals surface area contributed by atoms with Gasteiger partial charge in [-0.3, -0.25) is 0 Å². The van der Waals surface area contributed by atoms with Crippen LogP contribution in [0.25, 0.3) is 11.1 Å². The number of nitrogens with zero attached hydrogens (tertiary/aromatic N) is 2. The van der Waals surface area contributed by atoms with Crippen LogP contribution in [-0.2, 0) is 22.6 Å². The molecule has 1 aromatic heterocycles. The van der Waals surface area contributed by atoms with E-state index < -0.39 is 33.8 Å². The zero-order valence-corrected chi connectivity index (χ0v) is 20.2. The third-order valence-corrected chi connectivity index (χ3v) is 7.91. The first-order valence-corrected chi connectivity index (χ1v) is 12.9. The van der Waals surface area contributed by atoms with E-state index in [1.165, 1.54) is 31.3 Å². The summed E-state index contributed by atoms with van der Waals surface area (Å²) in [7, 11) is -1.90. The fourth-order valence-corrected chi connectivity index (χ4v) is 5.92. The summed E-state index contributed by atoms with van der Waals surface area (Å²) in [6.07, 6.45) is -5.44. The summed E-state index contributed by atoms with van der Waals surface area (Å²) < 4.78 is 72.5. The lowest BCUT2D eigenvalue weighted by Gasteiger charge is -2.24. The minimum Gasteiger partial charge on any atom is -0.392 e.